The summed E-state index contributed by atoms with van der Waals surface area (Å²) in [6, 6.07) is 50.3. The first kappa shape index (κ1) is 23.4. The smallest absolute Gasteiger partial charge is 0.0159 e. The van der Waals surface area contributed by atoms with Crippen molar-refractivity contribution in [2.24, 2.45) is 0 Å². The van der Waals surface area contributed by atoms with Crippen LogP contribution in [0.15, 0.2) is 133 Å². The van der Waals surface area contributed by atoms with E-state index in [1.54, 1.807) is 0 Å². The highest BCUT2D eigenvalue weighted by molar-refractivity contribution is 6.35. The summed E-state index contributed by atoms with van der Waals surface area (Å²) in [5.41, 5.74) is 2.50. The molecule has 0 aromatic heterocycles. The normalized spacial score (nSPS) is 12.9. The predicted octanol–water partition coefficient (Wildman–Crippen LogP) is 12.1. The Bertz CT molecular complexity index is 2540. The number of fused-ring (bicyclic) bond motifs is 4. The zero-order valence-electron chi connectivity index (χ0n) is 24.2. The average molecular weight is 545 g/mol. The van der Waals surface area contributed by atoms with Crippen LogP contribution in [-0.4, -0.2) is 0 Å². The topological polar surface area (TPSA) is 0 Å². The maximum Gasteiger partial charge on any atom is 0.0159 e. The van der Waals surface area contributed by atoms with Crippen LogP contribution in [-0.2, 0) is 5.41 Å². The Labute approximate surface area is 249 Å². The van der Waals surface area contributed by atoms with Crippen LogP contribution in [0.3, 0.4) is 0 Å². The van der Waals surface area contributed by atoms with Gasteiger partial charge in [-0.1, -0.05) is 147 Å². The van der Waals surface area contributed by atoms with Gasteiger partial charge in [0.05, 0.1) is 0 Å². The molecule has 0 radical (unpaired) electrons. The van der Waals surface area contributed by atoms with Crippen molar-refractivity contribution in [1.82, 2.24) is 0 Å². The van der Waals surface area contributed by atoms with Gasteiger partial charge in [-0.15, -0.1) is 0 Å². The zero-order chi connectivity index (χ0) is 28.4. The molecule has 0 heterocycles. The van der Waals surface area contributed by atoms with Crippen molar-refractivity contribution in [2.75, 3.05) is 0 Å². The molecule has 0 unspecified atom stereocenters. The Morgan fingerprint density at radius 3 is 0.953 bits per heavy atom. The van der Waals surface area contributed by atoms with Crippen LogP contribution in [0.25, 0.3) is 86.2 Å². The summed E-state index contributed by atoms with van der Waals surface area (Å²) in [6.45, 7) is 4.88. The highest BCUT2D eigenvalue weighted by Gasteiger charge is 2.30. The fourth-order valence-corrected chi connectivity index (χ4v) is 8.50. The van der Waals surface area contributed by atoms with Crippen molar-refractivity contribution < 1.29 is 0 Å². The van der Waals surface area contributed by atoms with Crippen LogP contribution in [0.2, 0.25) is 0 Å². The Hall–Kier alpha value is -5.20. The highest BCUT2D eigenvalue weighted by atomic mass is 14.3. The second-order valence-corrected chi connectivity index (χ2v) is 12.8. The Balaban J connectivity index is 1.42. The first-order chi connectivity index (χ1) is 21.1. The van der Waals surface area contributed by atoms with E-state index in [1.165, 1.54) is 97.3 Å². The molecule has 0 bridgehead atoms. The summed E-state index contributed by atoms with van der Waals surface area (Å²) in [4.78, 5) is 0. The van der Waals surface area contributed by atoms with Crippen molar-refractivity contribution in [1.29, 1.82) is 0 Å². The first-order valence-corrected chi connectivity index (χ1v) is 15.3. The van der Waals surface area contributed by atoms with Crippen molar-refractivity contribution in [3.8, 4) is 0 Å². The fraction of sp³-hybridized carbons (Fsp3) is 0.0698. The lowest BCUT2D eigenvalue weighted by Gasteiger charge is -2.31. The molecule has 0 aliphatic heterocycles. The second-order valence-electron chi connectivity index (χ2n) is 12.8. The van der Waals surface area contributed by atoms with Gasteiger partial charge < -0.3 is 0 Å². The molecule has 0 nitrogen and oxygen atoms in total. The van der Waals surface area contributed by atoms with E-state index in [2.05, 4.69) is 147 Å². The summed E-state index contributed by atoms with van der Waals surface area (Å²) in [5, 5.41) is 21.6. The van der Waals surface area contributed by atoms with Crippen LogP contribution in [0.1, 0.15) is 25.0 Å². The van der Waals surface area contributed by atoms with E-state index < -0.39 is 0 Å². The Morgan fingerprint density at radius 2 is 0.581 bits per heavy atom. The van der Waals surface area contributed by atoms with E-state index in [4.69, 9.17) is 0 Å². The third kappa shape index (κ3) is 2.86. The predicted molar refractivity (Wildman–Crippen MR) is 187 cm³/mol. The minimum atomic E-state index is -0.268. The standard InChI is InChI=1S/C43H28/c1-43(2,35-23-21-27-13-5-17-31-29-15-3-9-25-11-7-19-33(37(25)29)41(35)39(27)31)36-24-22-28-14-6-18-32-30-16-4-10-26-12-8-20-34(38(26)30)42(36)40(28)32/h3-24H,1-2H3. The maximum atomic E-state index is 2.44. The van der Waals surface area contributed by atoms with Gasteiger partial charge in [0.15, 0.2) is 0 Å². The molecule has 0 saturated heterocycles. The third-order valence-corrected chi connectivity index (χ3v) is 10.4. The lowest BCUT2D eigenvalue weighted by Crippen LogP contribution is -2.20. The van der Waals surface area contributed by atoms with Gasteiger partial charge in [-0.25, -0.2) is 0 Å². The quantitative estimate of drug-likeness (QED) is 0.150. The third-order valence-electron chi connectivity index (χ3n) is 10.4. The van der Waals surface area contributed by atoms with Crippen LogP contribution >= 0.6 is 0 Å². The van der Waals surface area contributed by atoms with Gasteiger partial charge in [0.1, 0.15) is 0 Å². The van der Waals surface area contributed by atoms with Crippen molar-refractivity contribution in [2.45, 2.75) is 19.3 Å². The first-order valence-electron chi connectivity index (χ1n) is 15.3. The molecule has 43 heavy (non-hydrogen) atoms. The lowest BCUT2D eigenvalue weighted by molar-refractivity contribution is 0.654. The number of rotatable bonds is 2. The maximum absolute atomic E-state index is 2.44. The number of benzene rings is 10. The molecule has 0 atom stereocenters. The zero-order valence-corrected chi connectivity index (χ0v) is 24.2. The Kier molecular flexibility index (Phi) is 4.35. The minimum absolute atomic E-state index is 0.268. The molecule has 10 aromatic rings. The second kappa shape index (κ2) is 8.00. The summed E-state index contributed by atoms with van der Waals surface area (Å²) in [6.07, 6.45) is 0. The highest BCUT2D eigenvalue weighted by Crippen LogP contribution is 2.49. The molecule has 0 N–H and O–H groups in total. The van der Waals surface area contributed by atoms with Crippen molar-refractivity contribution >= 4 is 86.2 Å². The minimum Gasteiger partial charge on any atom is -0.0610 e. The summed E-state index contributed by atoms with van der Waals surface area (Å²) < 4.78 is 0. The molecule has 10 rings (SSSR count). The molecule has 0 spiro atoms. The molecular weight excluding hydrogens is 516 g/mol. The van der Waals surface area contributed by atoms with E-state index in [1.807, 2.05) is 0 Å². The molecular formula is C43H28. The van der Waals surface area contributed by atoms with Crippen molar-refractivity contribution in [3.05, 3.63) is 145 Å². The SMILES string of the molecule is CC(C)(c1ccc2cccc3c4cccc5cccc(c1c23)c54)c1ccc2cccc3c4cccc5cccc(c1c23)c54. The summed E-state index contributed by atoms with van der Waals surface area (Å²) in [7, 11) is 0. The van der Waals surface area contributed by atoms with Gasteiger partial charge in [0.25, 0.3) is 0 Å². The molecule has 0 saturated carbocycles. The van der Waals surface area contributed by atoms with Crippen LogP contribution < -0.4 is 0 Å². The number of hydrogen-bond donors (Lipinski definition) is 0. The molecule has 10 aromatic carbocycles. The van der Waals surface area contributed by atoms with E-state index in [0.29, 0.717) is 0 Å². The monoisotopic (exact) mass is 544 g/mol. The molecule has 200 valence electrons. The Morgan fingerprint density at radius 1 is 0.279 bits per heavy atom. The van der Waals surface area contributed by atoms with Gasteiger partial charge in [0, 0.05) is 5.41 Å². The molecule has 0 heteroatoms. The van der Waals surface area contributed by atoms with Crippen LogP contribution in [0.4, 0.5) is 0 Å². The van der Waals surface area contributed by atoms with E-state index in [0.717, 1.165) is 0 Å². The molecule has 0 aliphatic carbocycles. The van der Waals surface area contributed by atoms with E-state index in [-0.39, 0.29) is 5.41 Å². The van der Waals surface area contributed by atoms with Crippen LogP contribution in [0, 0.1) is 0 Å². The number of hydrogen-bond acceptors (Lipinski definition) is 0. The van der Waals surface area contributed by atoms with Crippen molar-refractivity contribution in [3.63, 3.8) is 0 Å². The van der Waals surface area contributed by atoms with E-state index >= 15 is 0 Å². The van der Waals surface area contributed by atoms with Gasteiger partial charge in [-0.3, -0.25) is 0 Å². The molecule has 0 aliphatic rings. The van der Waals surface area contributed by atoms with Gasteiger partial charge in [-0.05, 0) is 97.3 Å². The van der Waals surface area contributed by atoms with E-state index in [9.17, 15) is 0 Å². The van der Waals surface area contributed by atoms with Gasteiger partial charge in [0.2, 0.25) is 0 Å². The fourth-order valence-electron chi connectivity index (χ4n) is 8.50. The molecule has 0 fully saturated rings. The van der Waals surface area contributed by atoms with Gasteiger partial charge >= 0.3 is 0 Å². The lowest BCUT2D eigenvalue weighted by atomic mass is 9.71. The summed E-state index contributed by atoms with van der Waals surface area (Å²) in [5.74, 6) is 0. The average Bonchev–Trinajstić information content (AvgIpc) is 3.05. The van der Waals surface area contributed by atoms with Gasteiger partial charge in [-0.2, -0.15) is 0 Å². The van der Waals surface area contributed by atoms with Crippen LogP contribution in [0.5, 0.6) is 0 Å². The largest absolute Gasteiger partial charge is 0.0610 e. The molecule has 0 amide bonds. The summed E-state index contributed by atoms with van der Waals surface area (Å²) >= 11 is 0.